The summed E-state index contributed by atoms with van der Waals surface area (Å²) in [5.74, 6) is 1.78. The van der Waals surface area contributed by atoms with Crippen LogP contribution < -0.4 is 14.8 Å². The van der Waals surface area contributed by atoms with Crippen molar-refractivity contribution in [3.8, 4) is 11.5 Å². The van der Waals surface area contributed by atoms with Gasteiger partial charge in [-0.05, 0) is 44.5 Å². The first kappa shape index (κ1) is 14.2. The van der Waals surface area contributed by atoms with Gasteiger partial charge >= 0.3 is 0 Å². The fourth-order valence-corrected chi connectivity index (χ4v) is 2.97. The summed E-state index contributed by atoms with van der Waals surface area (Å²) in [7, 11) is 0. The van der Waals surface area contributed by atoms with Crippen molar-refractivity contribution in [2.45, 2.75) is 26.8 Å². The zero-order valence-electron chi connectivity index (χ0n) is 12.6. The molecule has 5 heteroatoms. The zero-order valence-corrected chi connectivity index (χ0v) is 12.6. The summed E-state index contributed by atoms with van der Waals surface area (Å²) in [5.41, 5.74) is 0.802. The summed E-state index contributed by atoms with van der Waals surface area (Å²) in [4.78, 5) is 14.7. The van der Waals surface area contributed by atoms with Crippen molar-refractivity contribution >= 4 is 5.91 Å². The number of ether oxygens (including phenoxy) is 2. The molecule has 1 aromatic carbocycles. The van der Waals surface area contributed by atoms with E-state index in [1.165, 1.54) is 0 Å². The number of nitrogens with one attached hydrogen (secondary N) is 1. The van der Waals surface area contributed by atoms with Gasteiger partial charge in [0.05, 0.1) is 5.41 Å². The number of amides is 1. The zero-order chi connectivity index (χ0) is 14.9. The number of nitrogens with zero attached hydrogens (tertiary/aromatic N) is 1. The minimum Gasteiger partial charge on any atom is -0.454 e. The predicted molar refractivity (Wildman–Crippen MR) is 79.2 cm³/mol. The van der Waals surface area contributed by atoms with Crippen LogP contribution in [0.3, 0.4) is 0 Å². The van der Waals surface area contributed by atoms with Gasteiger partial charge in [-0.1, -0.05) is 6.07 Å². The van der Waals surface area contributed by atoms with Crippen molar-refractivity contribution in [2.75, 3.05) is 26.4 Å². The summed E-state index contributed by atoms with van der Waals surface area (Å²) in [6.07, 6.45) is 0.906. The molecular formula is C16H22N2O3. The van der Waals surface area contributed by atoms with Gasteiger partial charge in [0.15, 0.2) is 11.5 Å². The van der Waals surface area contributed by atoms with Gasteiger partial charge in [0.1, 0.15) is 0 Å². The third-order valence-corrected chi connectivity index (χ3v) is 4.36. The Morgan fingerprint density at radius 2 is 2.19 bits per heavy atom. The largest absolute Gasteiger partial charge is 0.454 e. The van der Waals surface area contributed by atoms with Crippen LogP contribution in [0.4, 0.5) is 0 Å². The summed E-state index contributed by atoms with van der Waals surface area (Å²) >= 11 is 0. The lowest BCUT2D eigenvalue weighted by atomic mass is 9.88. The minimum absolute atomic E-state index is 0.229. The SMILES string of the molecule is CCN(Cc1ccc2c(c1)OCO2)C(=O)C1(C)CCNC1. The highest BCUT2D eigenvalue weighted by atomic mass is 16.7. The van der Waals surface area contributed by atoms with Gasteiger partial charge in [0.2, 0.25) is 12.7 Å². The van der Waals surface area contributed by atoms with E-state index in [0.29, 0.717) is 13.1 Å². The van der Waals surface area contributed by atoms with Crippen molar-refractivity contribution in [2.24, 2.45) is 5.41 Å². The molecule has 2 aliphatic rings. The van der Waals surface area contributed by atoms with E-state index in [-0.39, 0.29) is 18.1 Å². The van der Waals surface area contributed by atoms with E-state index < -0.39 is 0 Å². The Hall–Kier alpha value is -1.75. The first-order valence-electron chi connectivity index (χ1n) is 7.51. The molecule has 1 fully saturated rings. The first-order valence-corrected chi connectivity index (χ1v) is 7.51. The molecule has 1 amide bonds. The molecule has 1 saturated heterocycles. The number of rotatable bonds is 4. The average Bonchev–Trinajstić information content (AvgIpc) is 3.13. The molecule has 0 radical (unpaired) electrons. The number of carbonyl (C=O) groups excluding carboxylic acids is 1. The van der Waals surface area contributed by atoms with Crippen LogP contribution in [-0.4, -0.2) is 37.2 Å². The van der Waals surface area contributed by atoms with E-state index in [1.807, 2.05) is 30.0 Å². The van der Waals surface area contributed by atoms with Crippen LogP contribution in [0.1, 0.15) is 25.8 Å². The van der Waals surface area contributed by atoms with Crippen molar-refractivity contribution in [3.63, 3.8) is 0 Å². The van der Waals surface area contributed by atoms with Gasteiger partial charge in [0.25, 0.3) is 0 Å². The maximum absolute atomic E-state index is 12.8. The summed E-state index contributed by atoms with van der Waals surface area (Å²) < 4.78 is 10.7. The number of carbonyl (C=O) groups is 1. The normalized spacial score (nSPS) is 23.3. The second-order valence-corrected chi connectivity index (χ2v) is 5.99. The second kappa shape index (κ2) is 5.56. The van der Waals surface area contributed by atoms with Gasteiger partial charge in [-0.25, -0.2) is 0 Å². The molecule has 0 aliphatic carbocycles. The molecule has 0 bridgehead atoms. The highest BCUT2D eigenvalue weighted by Gasteiger charge is 2.38. The first-order chi connectivity index (χ1) is 10.1. The summed E-state index contributed by atoms with van der Waals surface area (Å²) in [5, 5.41) is 3.29. The molecule has 3 rings (SSSR count). The lowest BCUT2D eigenvalue weighted by Gasteiger charge is -2.30. The molecule has 1 aromatic rings. The third-order valence-electron chi connectivity index (χ3n) is 4.36. The van der Waals surface area contributed by atoms with Crippen LogP contribution in [-0.2, 0) is 11.3 Å². The number of fused-ring (bicyclic) bond motifs is 1. The topological polar surface area (TPSA) is 50.8 Å². The fourth-order valence-electron chi connectivity index (χ4n) is 2.97. The van der Waals surface area contributed by atoms with E-state index in [0.717, 1.165) is 36.6 Å². The number of hydrogen-bond acceptors (Lipinski definition) is 4. The van der Waals surface area contributed by atoms with Gasteiger partial charge in [-0.3, -0.25) is 4.79 Å². The van der Waals surface area contributed by atoms with Crippen LogP contribution in [0.5, 0.6) is 11.5 Å². The molecule has 5 nitrogen and oxygen atoms in total. The molecule has 114 valence electrons. The highest BCUT2D eigenvalue weighted by molar-refractivity contribution is 5.83. The Balaban J connectivity index is 1.73. The Labute approximate surface area is 125 Å². The smallest absolute Gasteiger partial charge is 0.231 e. The number of hydrogen-bond donors (Lipinski definition) is 1. The second-order valence-electron chi connectivity index (χ2n) is 5.99. The van der Waals surface area contributed by atoms with Crippen LogP contribution in [0.15, 0.2) is 18.2 Å². The molecule has 0 aromatic heterocycles. The molecule has 1 atom stereocenters. The molecule has 2 heterocycles. The van der Waals surface area contributed by atoms with E-state index in [1.54, 1.807) is 0 Å². The van der Waals surface area contributed by atoms with Gasteiger partial charge in [-0.15, -0.1) is 0 Å². The van der Waals surface area contributed by atoms with Crippen LogP contribution in [0, 0.1) is 5.41 Å². The van der Waals surface area contributed by atoms with Crippen LogP contribution >= 0.6 is 0 Å². The van der Waals surface area contributed by atoms with Crippen molar-refractivity contribution in [3.05, 3.63) is 23.8 Å². The Bertz CT molecular complexity index is 538. The lowest BCUT2D eigenvalue weighted by Crippen LogP contribution is -2.43. The van der Waals surface area contributed by atoms with Crippen molar-refractivity contribution < 1.29 is 14.3 Å². The molecule has 2 aliphatic heterocycles. The van der Waals surface area contributed by atoms with E-state index in [4.69, 9.17) is 9.47 Å². The van der Waals surface area contributed by atoms with E-state index in [9.17, 15) is 4.79 Å². The Kier molecular flexibility index (Phi) is 3.76. The Morgan fingerprint density at radius 1 is 1.38 bits per heavy atom. The summed E-state index contributed by atoms with van der Waals surface area (Å²) in [6.45, 7) is 7.37. The molecular weight excluding hydrogens is 268 g/mol. The molecule has 0 spiro atoms. The predicted octanol–water partition coefficient (Wildman–Crippen LogP) is 1.76. The highest BCUT2D eigenvalue weighted by Crippen LogP contribution is 2.33. The third kappa shape index (κ3) is 2.70. The number of benzene rings is 1. The Morgan fingerprint density at radius 3 is 2.90 bits per heavy atom. The quantitative estimate of drug-likeness (QED) is 0.918. The molecule has 1 N–H and O–H groups in total. The van der Waals surface area contributed by atoms with E-state index in [2.05, 4.69) is 12.2 Å². The standard InChI is InChI=1S/C16H22N2O3/c1-3-18(15(19)16(2)6-7-17-10-16)9-12-4-5-13-14(8-12)21-11-20-13/h4-5,8,17H,3,6-7,9-11H2,1-2H3. The fraction of sp³-hybridized carbons (Fsp3) is 0.562. The summed E-state index contributed by atoms with van der Waals surface area (Å²) in [6, 6.07) is 5.88. The van der Waals surface area contributed by atoms with Crippen molar-refractivity contribution in [1.82, 2.24) is 10.2 Å². The van der Waals surface area contributed by atoms with Gasteiger partial charge in [0, 0.05) is 19.6 Å². The van der Waals surface area contributed by atoms with E-state index >= 15 is 0 Å². The van der Waals surface area contributed by atoms with Crippen LogP contribution in [0.2, 0.25) is 0 Å². The maximum Gasteiger partial charge on any atom is 0.231 e. The van der Waals surface area contributed by atoms with Crippen molar-refractivity contribution in [1.29, 1.82) is 0 Å². The van der Waals surface area contributed by atoms with Gasteiger partial charge < -0.3 is 19.7 Å². The monoisotopic (exact) mass is 290 g/mol. The maximum atomic E-state index is 12.8. The molecule has 21 heavy (non-hydrogen) atoms. The lowest BCUT2D eigenvalue weighted by molar-refractivity contribution is -0.140. The van der Waals surface area contributed by atoms with Crippen LogP contribution in [0.25, 0.3) is 0 Å². The average molecular weight is 290 g/mol. The van der Waals surface area contributed by atoms with Gasteiger partial charge in [-0.2, -0.15) is 0 Å². The molecule has 0 saturated carbocycles. The minimum atomic E-state index is -0.271. The molecule has 1 unspecified atom stereocenters.